The van der Waals surface area contributed by atoms with Crippen LogP contribution in [0.15, 0.2) is 0 Å². The molecule has 4 atom stereocenters. The van der Waals surface area contributed by atoms with Crippen LogP contribution in [0, 0.1) is 23.2 Å². The number of halogens is 6. The van der Waals surface area contributed by atoms with Crippen molar-refractivity contribution in [3.63, 3.8) is 0 Å². The number of fused-ring (bicyclic) bond motifs is 2. The topological polar surface area (TPSA) is 46.5 Å². The average molecular weight is 376 g/mol. The zero-order valence-corrected chi connectivity index (χ0v) is 14.2. The van der Waals surface area contributed by atoms with E-state index in [4.69, 9.17) is 4.74 Å². The summed E-state index contributed by atoms with van der Waals surface area (Å²) in [5.41, 5.74) is -5.49. The van der Waals surface area contributed by atoms with Crippen molar-refractivity contribution in [2.75, 3.05) is 0 Å². The predicted octanol–water partition coefficient (Wildman–Crippen LogP) is 4.24. The summed E-state index contributed by atoms with van der Waals surface area (Å²) in [6.07, 6.45) is -12.3. The minimum atomic E-state index is -5.81. The third-order valence-corrected chi connectivity index (χ3v) is 5.89. The first-order valence-corrected chi connectivity index (χ1v) is 8.22. The molecule has 2 rings (SSSR count). The van der Waals surface area contributed by atoms with E-state index in [-0.39, 0.29) is 12.8 Å². The number of hydrogen-bond donors (Lipinski definition) is 1. The van der Waals surface area contributed by atoms with Crippen LogP contribution in [0.25, 0.3) is 0 Å². The Labute approximate surface area is 141 Å². The third kappa shape index (κ3) is 3.24. The van der Waals surface area contributed by atoms with Crippen molar-refractivity contribution in [3.05, 3.63) is 0 Å². The molecule has 1 N–H and O–H groups in total. The van der Waals surface area contributed by atoms with Crippen molar-refractivity contribution in [1.82, 2.24) is 0 Å². The summed E-state index contributed by atoms with van der Waals surface area (Å²) in [5.74, 6) is -4.05. The summed E-state index contributed by atoms with van der Waals surface area (Å²) >= 11 is 0. The second-order valence-electron chi connectivity index (χ2n) is 7.78. The first-order chi connectivity index (χ1) is 11.1. The molecule has 4 unspecified atom stereocenters. The average Bonchev–Trinajstić information content (AvgIpc) is 3.03. The van der Waals surface area contributed by atoms with Gasteiger partial charge in [0.05, 0.1) is 5.41 Å². The number of carbonyl (C=O) groups excluding carboxylic acids is 1. The molecule has 0 aromatic rings. The van der Waals surface area contributed by atoms with Gasteiger partial charge in [-0.2, -0.15) is 26.3 Å². The Morgan fingerprint density at radius 2 is 1.52 bits per heavy atom. The van der Waals surface area contributed by atoms with Crippen LogP contribution in [0.3, 0.4) is 0 Å². The lowest BCUT2D eigenvalue weighted by Gasteiger charge is -2.42. The van der Waals surface area contributed by atoms with Gasteiger partial charge in [0.2, 0.25) is 0 Å². The molecule has 2 aliphatic carbocycles. The number of aliphatic hydroxyl groups is 1. The maximum atomic E-state index is 13.0. The van der Waals surface area contributed by atoms with E-state index in [1.165, 1.54) is 0 Å². The fourth-order valence-electron chi connectivity index (χ4n) is 3.90. The van der Waals surface area contributed by atoms with Gasteiger partial charge >= 0.3 is 18.3 Å². The van der Waals surface area contributed by atoms with E-state index >= 15 is 0 Å². The van der Waals surface area contributed by atoms with E-state index in [2.05, 4.69) is 0 Å². The fourth-order valence-corrected chi connectivity index (χ4v) is 3.90. The van der Waals surface area contributed by atoms with Crippen LogP contribution >= 0.6 is 0 Å². The largest absolute Gasteiger partial charge is 0.462 e. The van der Waals surface area contributed by atoms with Crippen LogP contribution in [-0.2, 0) is 9.53 Å². The number of rotatable bonds is 4. The highest BCUT2D eigenvalue weighted by molar-refractivity contribution is 5.76. The Kier molecular flexibility index (Phi) is 4.90. The molecule has 25 heavy (non-hydrogen) atoms. The van der Waals surface area contributed by atoms with E-state index in [1.54, 1.807) is 20.8 Å². The highest BCUT2D eigenvalue weighted by Gasteiger charge is 2.76. The van der Waals surface area contributed by atoms with E-state index < -0.39 is 59.6 Å². The third-order valence-electron chi connectivity index (χ3n) is 5.89. The lowest BCUT2D eigenvalue weighted by molar-refractivity contribution is -0.389. The highest BCUT2D eigenvalue weighted by atomic mass is 19.4. The molecule has 2 bridgehead atoms. The molecule has 0 heterocycles. The number of carbonyl (C=O) groups is 1. The Balaban J connectivity index is 2.14. The minimum Gasteiger partial charge on any atom is -0.462 e. The molecule has 0 amide bonds. The number of ether oxygens (including phenoxy) is 1. The quantitative estimate of drug-likeness (QED) is 0.590. The summed E-state index contributed by atoms with van der Waals surface area (Å²) in [4.78, 5) is 12.1. The monoisotopic (exact) mass is 376 g/mol. The molecule has 0 aromatic carbocycles. The molecule has 0 spiro atoms. The molecule has 0 radical (unpaired) electrons. The molecule has 2 aliphatic rings. The molecule has 0 aliphatic heterocycles. The van der Waals surface area contributed by atoms with Gasteiger partial charge in [0.1, 0.15) is 6.10 Å². The van der Waals surface area contributed by atoms with Gasteiger partial charge in [-0.15, -0.1) is 0 Å². The Morgan fingerprint density at radius 3 is 1.88 bits per heavy atom. The second kappa shape index (κ2) is 6.03. The molecular formula is C16H22F6O3. The maximum Gasteiger partial charge on any atom is 0.426 e. The standard InChI is InChI=1S/C16H22F6O3/c1-4-13(2,3)12(23)25-11-7-8-5-9(11)6-10(8)14(24,15(17,18)19)16(20,21)22/h8-11,24H,4-7H2,1-3H3. The van der Waals surface area contributed by atoms with Crippen LogP contribution in [0.4, 0.5) is 26.3 Å². The molecule has 9 heteroatoms. The van der Waals surface area contributed by atoms with Crippen LogP contribution in [0.5, 0.6) is 0 Å². The highest BCUT2D eigenvalue weighted by Crippen LogP contribution is 2.60. The van der Waals surface area contributed by atoms with Crippen molar-refractivity contribution >= 4 is 5.97 Å². The van der Waals surface area contributed by atoms with Crippen LogP contribution in [-0.4, -0.2) is 35.1 Å². The zero-order chi connectivity index (χ0) is 19.4. The minimum absolute atomic E-state index is 0.0869. The van der Waals surface area contributed by atoms with Crippen molar-refractivity contribution in [3.8, 4) is 0 Å². The second-order valence-corrected chi connectivity index (χ2v) is 7.78. The lowest BCUT2D eigenvalue weighted by atomic mass is 9.74. The molecule has 2 saturated carbocycles. The van der Waals surface area contributed by atoms with Crippen molar-refractivity contribution < 1.29 is 41.0 Å². The Hall–Kier alpha value is -0.990. The van der Waals surface area contributed by atoms with Gasteiger partial charge in [-0.1, -0.05) is 6.92 Å². The first kappa shape index (κ1) is 20.3. The Bertz CT molecular complexity index is 511. The smallest absolute Gasteiger partial charge is 0.426 e. The number of hydrogen-bond acceptors (Lipinski definition) is 3. The molecule has 3 nitrogen and oxygen atoms in total. The van der Waals surface area contributed by atoms with Crippen LogP contribution < -0.4 is 0 Å². The van der Waals surface area contributed by atoms with Crippen molar-refractivity contribution in [2.45, 2.75) is 70.5 Å². The van der Waals surface area contributed by atoms with Gasteiger partial charge in [0.25, 0.3) is 5.60 Å². The van der Waals surface area contributed by atoms with Gasteiger partial charge in [0, 0.05) is 5.92 Å². The predicted molar refractivity (Wildman–Crippen MR) is 75.3 cm³/mol. The van der Waals surface area contributed by atoms with Gasteiger partial charge in [-0.25, -0.2) is 0 Å². The number of esters is 1. The first-order valence-electron chi connectivity index (χ1n) is 8.22. The number of alkyl halides is 6. The summed E-state index contributed by atoms with van der Waals surface area (Å²) in [6, 6.07) is 0. The van der Waals surface area contributed by atoms with E-state index in [9.17, 15) is 36.2 Å². The van der Waals surface area contributed by atoms with E-state index in [0.717, 1.165) is 0 Å². The van der Waals surface area contributed by atoms with Gasteiger partial charge in [0.15, 0.2) is 0 Å². The van der Waals surface area contributed by atoms with E-state index in [1.807, 2.05) is 0 Å². The summed E-state index contributed by atoms with van der Waals surface area (Å²) in [5, 5.41) is 9.58. The molecule has 0 aromatic heterocycles. The summed E-state index contributed by atoms with van der Waals surface area (Å²) in [7, 11) is 0. The summed E-state index contributed by atoms with van der Waals surface area (Å²) in [6.45, 7) is 5.11. The fraction of sp³-hybridized carbons (Fsp3) is 0.938. The van der Waals surface area contributed by atoms with Gasteiger partial charge < -0.3 is 9.84 Å². The molecule has 146 valence electrons. The van der Waals surface area contributed by atoms with Crippen molar-refractivity contribution in [1.29, 1.82) is 0 Å². The summed E-state index contributed by atoms with van der Waals surface area (Å²) < 4.78 is 83.5. The molecular weight excluding hydrogens is 354 g/mol. The van der Waals surface area contributed by atoms with Gasteiger partial charge in [-0.3, -0.25) is 4.79 Å². The molecule has 2 fully saturated rings. The van der Waals surface area contributed by atoms with Crippen LogP contribution in [0.1, 0.15) is 46.5 Å². The van der Waals surface area contributed by atoms with E-state index in [0.29, 0.717) is 6.42 Å². The van der Waals surface area contributed by atoms with Crippen LogP contribution in [0.2, 0.25) is 0 Å². The Morgan fingerprint density at radius 1 is 1.00 bits per heavy atom. The maximum absolute atomic E-state index is 13.0. The van der Waals surface area contributed by atoms with Crippen molar-refractivity contribution in [2.24, 2.45) is 23.2 Å². The normalized spacial score (nSPS) is 30.6. The zero-order valence-electron chi connectivity index (χ0n) is 14.2. The van der Waals surface area contributed by atoms with Gasteiger partial charge in [-0.05, 0) is 51.4 Å². The lowest BCUT2D eigenvalue weighted by Crippen LogP contribution is -2.63. The SMILES string of the molecule is CCC(C)(C)C(=O)OC1CC2CC1CC2C(O)(C(F)(F)F)C(F)(F)F. The molecule has 0 saturated heterocycles.